The molecule has 2 aromatic rings. The molecule has 0 aliphatic heterocycles. The van der Waals surface area contributed by atoms with Crippen LogP contribution in [0.5, 0.6) is 0 Å². The van der Waals surface area contributed by atoms with E-state index in [1.54, 1.807) is 31.3 Å². The van der Waals surface area contributed by atoms with Crippen LogP contribution in [0.1, 0.15) is 18.2 Å². The molecule has 4 heteroatoms. The van der Waals surface area contributed by atoms with Crippen molar-refractivity contribution >= 4 is 11.5 Å². The lowest BCUT2D eigenvalue weighted by molar-refractivity contribution is -0.116. The van der Waals surface area contributed by atoms with Crippen molar-refractivity contribution in [2.75, 3.05) is 0 Å². The first-order valence-corrected chi connectivity index (χ1v) is 6.00. The molecule has 0 saturated heterocycles. The molecule has 2 N–H and O–H groups in total. The Balaban J connectivity index is 2.00. The minimum atomic E-state index is -0.326. The number of nitrogens with one attached hydrogen (secondary N) is 2. The lowest BCUT2D eigenvalue weighted by Crippen LogP contribution is -2.20. The second-order valence-corrected chi connectivity index (χ2v) is 4.22. The summed E-state index contributed by atoms with van der Waals surface area (Å²) in [5, 5.41) is 2.74. The third kappa shape index (κ3) is 3.55. The quantitative estimate of drug-likeness (QED) is 0.814. The maximum atomic E-state index is 13.5. The summed E-state index contributed by atoms with van der Waals surface area (Å²) < 4.78 is 13.5. The number of allylic oxidation sites excluding steroid dienone is 1. The average molecular weight is 258 g/mol. The van der Waals surface area contributed by atoms with E-state index in [1.807, 2.05) is 12.1 Å². The summed E-state index contributed by atoms with van der Waals surface area (Å²) in [5.41, 5.74) is 1.96. The highest BCUT2D eigenvalue weighted by molar-refractivity contribution is 5.94. The molecule has 0 atom stereocenters. The van der Waals surface area contributed by atoms with E-state index >= 15 is 0 Å². The first-order chi connectivity index (χ1) is 9.16. The van der Waals surface area contributed by atoms with Gasteiger partial charge < -0.3 is 10.3 Å². The van der Waals surface area contributed by atoms with Crippen LogP contribution in [0.4, 0.5) is 4.39 Å². The molecule has 3 nitrogen and oxygen atoms in total. The summed E-state index contributed by atoms with van der Waals surface area (Å²) in [7, 11) is 0. The molecule has 0 bridgehead atoms. The molecule has 0 unspecified atom stereocenters. The molecule has 0 spiro atoms. The van der Waals surface area contributed by atoms with Crippen LogP contribution in [-0.4, -0.2) is 10.9 Å². The van der Waals surface area contributed by atoms with Crippen molar-refractivity contribution in [3.63, 3.8) is 0 Å². The van der Waals surface area contributed by atoms with Gasteiger partial charge in [-0.2, -0.15) is 0 Å². The van der Waals surface area contributed by atoms with Gasteiger partial charge in [0.05, 0.1) is 6.54 Å². The average Bonchev–Trinajstić information content (AvgIpc) is 2.90. The Bertz CT molecular complexity index is 588. The van der Waals surface area contributed by atoms with Gasteiger partial charge in [0.1, 0.15) is 5.82 Å². The predicted molar refractivity (Wildman–Crippen MR) is 72.7 cm³/mol. The molecule has 0 fully saturated rings. The Morgan fingerprint density at radius 1 is 1.32 bits per heavy atom. The van der Waals surface area contributed by atoms with Crippen molar-refractivity contribution in [1.82, 2.24) is 10.3 Å². The highest BCUT2D eigenvalue weighted by Crippen LogP contribution is 2.16. The summed E-state index contributed by atoms with van der Waals surface area (Å²) >= 11 is 0. The molecule has 19 heavy (non-hydrogen) atoms. The van der Waals surface area contributed by atoms with Crippen LogP contribution in [0, 0.1) is 5.82 Å². The van der Waals surface area contributed by atoms with E-state index in [9.17, 15) is 9.18 Å². The Morgan fingerprint density at radius 2 is 2.11 bits per heavy atom. The number of carbonyl (C=O) groups excluding carboxylic acids is 1. The van der Waals surface area contributed by atoms with Gasteiger partial charge in [0.25, 0.3) is 0 Å². The molecular weight excluding hydrogens is 243 g/mol. The van der Waals surface area contributed by atoms with E-state index < -0.39 is 0 Å². The van der Waals surface area contributed by atoms with Crippen LogP contribution in [0.25, 0.3) is 5.57 Å². The lowest BCUT2D eigenvalue weighted by Gasteiger charge is -2.04. The number of benzene rings is 1. The Labute approximate surface area is 111 Å². The molecule has 1 aromatic heterocycles. The first kappa shape index (κ1) is 13.1. The zero-order chi connectivity index (χ0) is 13.7. The number of hydrogen-bond acceptors (Lipinski definition) is 1. The summed E-state index contributed by atoms with van der Waals surface area (Å²) in [6.45, 7) is 2.14. The molecule has 1 heterocycles. The van der Waals surface area contributed by atoms with Gasteiger partial charge in [-0.25, -0.2) is 4.39 Å². The second kappa shape index (κ2) is 6.00. The molecule has 0 aliphatic carbocycles. The van der Waals surface area contributed by atoms with Crippen molar-refractivity contribution in [1.29, 1.82) is 0 Å². The molecule has 1 aromatic carbocycles. The fourth-order valence-electron chi connectivity index (χ4n) is 1.77. The third-order valence-corrected chi connectivity index (χ3v) is 2.76. The summed E-state index contributed by atoms with van der Waals surface area (Å²) in [6.07, 6.45) is 3.20. The number of hydrogen-bond donors (Lipinski definition) is 2. The first-order valence-electron chi connectivity index (χ1n) is 6.00. The fraction of sp³-hybridized carbons (Fsp3) is 0.133. The van der Waals surface area contributed by atoms with Crippen LogP contribution in [0.3, 0.4) is 0 Å². The van der Waals surface area contributed by atoms with Crippen LogP contribution in [0.15, 0.2) is 48.7 Å². The minimum absolute atomic E-state index is 0.240. The maximum absolute atomic E-state index is 13.5. The number of carbonyl (C=O) groups is 1. The van der Waals surface area contributed by atoms with Gasteiger partial charge in [-0.05, 0) is 30.7 Å². The van der Waals surface area contributed by atoms with E-state index in [-0.39, 0.29) is 11.7 Å². The summed E-state index contributed by atoms with van der Waals surface area (Å²) in [5.74, 6) is -0.566. The topological polar surface area (TPSA) is 44.9 Å². The monoisotopic (exact) mass is 258 g/mol. The molecule has 2 rings (SSSR count). The highest BCUT2D eigenvalue weighted by atomic mass is 19.1. The lowest BCUT2D eigenvalue weighted by atomic mass is 10.1. The molecule has 1 amide bonds. The molecule has 98 valence electrons. The number of aromatic amines is 1. The van der Waals surface area contributed by atoms with E-state index in [4.69, 9.17) is 0 Å². The van der Waals surface area contributed by atoms with Gasteiger partial charge in [-0.15, -0.1) is 0 Å². The van der Waals surface area contributed by atoms with Crippen LogP contribution < -0.4 is 5.32 Å². The zero-order valence-electron chi connectivity index (χ0n) is 10.6. The van der Waals surface area contributed by atoms with E-state index in [1.165, 1.54) is 12.1 Å². The van der Waals surface area contributed by atoms with E-state index in [0.717, 1.165) is 5.69 Å². The third-order valence-electron chi connectivity index (χ3n) is 2.76. The van der Waals surface area contributed by atoms with E-state index in [0.29, 0.717) is 17.7 Å². The van der Waals surface area contributed by atoms with Gasteiger partial charge in [-0.3, -0.25) is 4.79 Å². The Morgan fingerprint density at radius 3 is 2.79 bits per heavy atom. The van der Waals surface area contributed by atoms with Crippen molar-refractivity contribution < 1.29 is 9.18 Å². The highest BCUT2D eigenvalue weighted by Gasteiger charge is 2.05. The number of amides is 1. The standard InChI is InChI=1S/C15H15FN2O/c1-11(13-6-2-3-7-14(13)16)9-15(19)18-10-12-5-4-8-17-12/h2-9,17H,10H2,1H3,(H,18,19)/b11-9-. The van der Waals surface area contributed by atoms with Crippen LogP contribution in [-0.2, 0) is 11.3 Å². The normalized spacial score (nSPS) is 11.4. The van der Waals surface area contributed by atoms with Crippen molar-refractivity contribution in [3.8, 4) is 0 Å². The summed E-state index contributed by atoms with van der Waals surface area (Å²) in [6, 6.07) is 10.1. The zero-order valence-corrected chi connectivity index (χ0v) is 10.6. The molecule has 0 saturated carbocycles. The number of H-pyrrole nitrogens is 1. The number of aromatic nitrogens is 1. The van der Waals surface area contributed by atoms with Crippen LogP contribution in [0.2, 0.25) is 0 Å². The smallest absolute Gasteiger partial charge is 0.244 e. The largest absolute Gasteiger partial charge is 0.364 e. The SMILES string of the molecule is C/C(=C/C(=O)NCc1ccc[nH]1)c1ccccc1F. The van der Waals surface area contributed by atoms with Gasteiger partial charge >= 0.3 is 0 Å². The molecular formula is C15H15FN2O. The van der Waals surface area contributed by atoms with Crippen molar-refractivity contribution in [3.05, 3.63) is 65.7 Å². The second-order valence-electron chi connectivity index (χ2n) is 4.22. The molecule has 0 radical (unpaired) electrons. The van der Waals surface area contributed by atoms with Gasteiger partial charge in [0, 0.05) is 23.5 Å². The Hall–Kier alpha value is -2.36. The van der Waals surface area contributed by atoms with Crippen LogP contribution >= 0.6 is 0 Å². The van der Waals surface area contributed by atoms with Gasteiger partial charge in [0.2, 0.25) is 5.91 Å². The van der Waals surface area contributed by atoms with Crippen molar-refractivity contribution in [2.24, 2.45) is 0 Å². The fourth-order valence-corrected chi connectivity index (χ4v) is 1.77. The van der Waals surface area contributed by atoms with E-state index in [2.05, 4.69) is 10.3 Å². The maximum Gasteiger partial charge on any atom is 0.244 e. The van der Waals surface area contributed by atoms with Crippen molar-refractivity contribution in [2.45, 2.75) is 13.5 Å². The minimum Gasteiger partial charge on any atom is -0.364 e. The van der Waals surface area contributed by atoms with Gasteiger partial charge in [-0.1, -0.05) is 18.2 Å². The summed E-state index contributed by atoms with van der Waals surface area (Å²) in [4.78, 5) is 14.7. The Kier molecular flexibility index (Phi) is 4.13. The number of rotatable bonds is 4. The predicted octanol–water partition coefficient (Wildman–Crippen LogP) is 2.87. The number of halogens is 1. The van der Waals surface area contributed by atoms with Gasteiger partial charge in [0.15, 0.2) is 0 Å². The molecule has 0 aliphatic rings.